The van der Waals surface area contributed by atoms with E-state index in [4.69, 9.17) is 4.42 Å². The Morgan fingerprint density at radius 3 is 2.94 bits per heavy atom. The van der Waals surface area contributed by atoms with Gasteiger partial charge in [0.05, 0.1) is 11.6 Å². The number of aliphatic hydroxyl groups excluding tert-OH is 1. The molecule has 1 aliphatic rings. The van der Waals surface area contributed by atoms with E-state index in [-0.39, 0.29) is 11.9 Å². The van der Waals surface area contributed by atoms with Gasteiger partial charge in [0.1, 0.15) is 0 Å². The lowest BCUT2D eigenvalue weighted by atomic mass is 10.0. The van der Waals surface area contributed by atoms with Gasteiger partial charge in [-0.15, -0.1) is 0 Å². The zero-order valence-corrected chi connectivity index (χ0v) is 10.2. The average Bonchev–Trinajstić information content (AvgIpc) is 2.90. The van der Waals surface area contributed by atoms with Crippen molar-refractivity contribution in [3.05, 3.63) is 34.8 Å². The van der Waals surface area contributed by atoms with Crippen LogP contribution in [0.2, 0.25) is 0 Å². The Labute approximate surface area is 105 Å². The van der Waals surface area contributed by atoms with Gasteiger partial charge in [0.25, 0.3) is 0 Å². The summed E-state index contributed by atoms with van der Waals surface area (Å²) in [7, 11) is 0. The number of aromatic nitrogens is 1. The van der Waals surface area contributed by atoms with Crippen LogP contribution in [0.4, 0.5) is 0 Å². The molecule has 0 radical (unpaired) electrons. The largest absolute Gasteiger partial charge is 0.419 e. The lowest BCUT2D eigenvalue weighted by Crippen LogP contribution is -2.20. The summed E-state index contributed by atoms with van der Waals surface area (Å²) in [6.45, 7) is 0.623. The van der Waals surface area contributed by atoms with Crippen LogP contribution in [0.1, 0.15) is 25.7 Å². The molecule has 4 heteroatoms. The second-order valence-corrected chi connectivity index (χ2v) is 5.03. The lowest BCUT2D eigenvalue weighted by Gasteiger charge is -2.13. The first kappa shape index (κ1) is 11.5. The zero-order valence-electron chi connectivity index (χ0n) is 10.2. The highest BCUT2D eigenvalue weighted by Gasteiger charge is 2.25. The van der Waals surface area contributed by atoms with Crippen LogP contribution in [-0.4, -0.2) is 15.8 Å². The van der Waals surface area contributed by atoms with Crippen molar-refractivity contribution >= 4 is 11.1 Å². The molecule has 1 aliphatic carbocycles. The average molecular weight is 247 g/mol. The highest BCUT2D eigenvalue weighted by Crippen LogP contribution is 2.28. The van der Waals surface area contributed by atoms with Crippen molar-refractivity contribution in [2.75, 3.05) is 0 Å². The van der Waals surface area contributed by atoms with E-state index >= 15 is 0 Å². The standard InChI is InChI=1S/C14H17NO3/c16-12-6-3-4-10(12)8-9-15-11-5-1-2-7-13(11)18-14(15)17/h1-2,5,7,10,12,16H,3-4,6,8-9H2. The van der Waals surface area contributed by atoms with Crippen LogP contribution >= 0.6 is 0 Å². The van der Waals surface area contributed by atoms with Gasteiger partial charge in [-0.25, -0.2) is 4.79 Å². The molecule has 0 aliphatic heterocycles. The Hall–Kier alpha value is -1.55. The molecule has 1 aromatic carbocycles. The van der Waals surface area contributed by atoms with Crippen molar-refractivity contribution in [1.82, 2.24) is 4.57 Å². The van der Waals surface area contributed by atoms with Crippen LogP contribution in [0.25, 0.3) is 11.1 Å². The van der Waals surface area contributed by atoms with Crippen LogP contribution in [0.3, 0.4) is 0 Å². The molecular weight excluding hydrogens is 230 g/mol. The number of benzene rings is 1. The molecule has 18 heavy (non-hydrogen) atoms. The summed E-state index contributed by atoms with van der Waals surface area (Å²) < 4.78 is 6.85. The number of nitrogens with zero attached hydrogens (tertiary/aromatic N) is 1. The third-order valence-electron chi connectivity index (χ3n) is 3.92. The number of rotatable bonds is 3. The highest BCUT2D eigenvalue weighted by molar-refractivity contribution is 5.72. The van der Waals surface area contributed by atoms with Crippen LogP contribution in [0.15, 0.2) is 33.5 Å². The van der Waals surface area contributed by atoms with Crippen molar-refractivity contribution in [3.8, 4) is 0 Å². The molecule has 2 unspecified atom stereocenters. The molecule has 3 rings (SSSR count). The lowest BCUT2D eigenvalue weighted by molar-refractivity contribution is 0.125. The minimum atomic E-state index is -0.302. The molecule has 1 saturated carbocycles. The minimum Gasteiger partial charge on any atom is -0.408 e. The molecule has 1 aromatic heterocycles. The van der Waals surface area contributed by atoms with E-state index in [0.717, 1.165) is 31.2 Å². The van der Waals surface area contributed by atoms with E-state index in [9.17, 15) is 9.90 Å². The number of hydrogen-bond acceptors (Lipinski definition) is 3. The Balaban J connectivity index is 1.82. The SMILES string of the molecule is O=c1oc2ccccc2n1CCC1CCCC1O. The normalized spacial score (nSPS) is 23.8. The summed E-state index contributed by atoms with van der Waals surface area (Å²) in [5, 5.41) is 9.79. The molecule has 0 saturated heterocycles. The van der Waals surface area contributed by atoms with Crippen LogP contribution in [0, 0.1) is 5.92 Å². The van der Waals surface area contributed by atoms with Crippen molar-refractivity contribution < 1.29 is 9.52 Å². The monoisotopic (exact) mass is 247 g/mol. The summed E-state index contributed by atoms with van der Waals surface area (Å²) >= 11 is 0. The highest BCUT2D eigenvalue weighted by atomic mass is 16.4. The van der Waals surface area contributed by atoms with Crippen molar-refractivity contribution in [2.45, 2.75) is 38.3 Å². The Morgan fingerprint density at radius 2 is 2.17 bits per heavy atom. The summed E-state index contributed by atoms with van der Waals surface area (Å²) in [5.41, 5.74) is 1.48. The second kappa shape index (κ2) is 4.61. The Bertz CT molecular complexity index is 598. The summed E-state index contributed by atoms with van der Waals surface area (Å²) in [5.74, 6) is 0.0225. The van der Waals surface area contributed by atoms with Crippen LogP contribution in [-0.2, 0) is 6.54 Å². The van der Waals surface area contributed by atoms with E-state index in [0.29, 0.717) is 18.0 Å². The number of para-hydroxylation sites is 2. The van der Waals surface area contributed by atoms with Crippen molar-refractivity contribution in [1.29, 1.82) is 0 Å². The molecule has 0 spiro atoms. The molecular formula is C14H17NO3. The van der Waals surface area contributed by atoms with Gasteiger partial charge >= 0.3 is 5.76 Å². The van der Waals surface area contributed by atoms with Crippen LogP contribution in [0.5, 0.6) is 0 Å². The zero-order chi connectivity index (χ0) is 12.5. The van der Waals surface area contributed by atoms with E-state index < -0.39 is 0 Å². The van der Waals surface area contributed by atoms with Gasteiger partial charge in [-0.05, 0) is 37.3 Å². The first-order chi connectivity index (χ1) is 8.75. The van der Waals surface area contributed by atoms with Crippen molar-refractivity contribution in [3.63, 3.8) is 0 Å². The smallest absolute Gasteiger partial charge is 0.408 e. The van der Waals surface area contributed by atoms with Gasteiger partial charge in [0.2, 0.25) is 0 Å². The fourth-order valence-electron chi connectivity index (χ4n) is 2.87. The maximum Gasteiger partial charge on any atom is 0.419 e. The van der Waals surface area contributed by atoms with E-state index in [1.165, 1.54) is 0 Å². The van der Waals surface area contributed by atoms with E-state index in [1.54, 1.807) is 10.6 Å². The van der Waals surface area contributed by atoms with Gasteiger partial charge in [0, 0.05) is 6.54 Å². The molecule has 1 N–H and O–H groups in total. The molecule has 0 bridgehead atoms. The number of oxazole rings is 1. The number of fused-ring (bicyclic) bond motifs is 1. The molecule has 1 fully saturated rings. The van der Waals surface area contributed by atoms with Crippen molar-refractivity contribution in [2.24, 2.45) is 5.92 Å². The number of aliphatic hydroxyl groups is 1. The minimum absolute atomic E-state index is 0.195. The quantitative estimate of drug-likeness (QED) is 0.904. The maximum absolute atomic E-state index is 11.8. The maximum atomic E-state index is 11.8. The van der Waals surface area contributed by atoms with E-state index in [1.807, 2.05) is 18.2 Å². The molecule has 2 atom stereocenters. The molecule has 1 heterocycles. The topological polar surface area (TPSA) is 55.4 Å². The fraction of sp³-hybridized carbons (Fsp3) is 0.500. The number of aryl methyl sites for hydroxylation is 1. The van der Waals surface area contributed by atoms with Gasteiger partial charge in [0.15, 0.2) is 5.58 Å². The van der Waals surface area contributed by atoms with Crippen LogP contribution < -0.4 is 5.76 Å². The first-order valence-electron chi connectivity index (χ1n) is 6.52. The second-order valence-electron chi connectivity index (χ2n) is 5.03. The Morgan fingerprint density at radius 1 is 1.33 bits per heavy atom. The van der Waals surface area contributed by atoms with Gasteiger partial charge in [-0.3, -0.25) is 4.57 Å². The molecule has 4 nitrogen and oxygen atoms in total. The first-order valence-corrected chi connectivity index (χ1v) is 6.52. The third kappa shape index (κ3) is 1.97. The summed E-state index contributed by atoms with van der Waals surface area (Å²) in [6.07, 6.45) is 3.69. The molecule has 2 aromatic rings. The fourth-order valence-corrected chi connectivity index (χ4v) is 2.87. The summed E-state index contributed by atoms with van der Waals surface area (Å²) in [6, 6.07) is 7.46. The predicted molar refractivity (Wildman–Crippen MR) is 68.4 cm³/mol. The Kier molecular flexibility index (Phi) is 2.96. The van der Waals surface area contributed by atoms with Gasteiger partial charge < -0.3 is 9.52 Å². The summed E-state index contributed by atoms with van der Waals surface area (Å²) in [4.78, 5) is 11.8. The third-order valence-corrected chi connectivity index (χ3v) is 3.92. The predicted octanol–water partition coefficient (Wildman–Crippen LogP) is 2.15. The van der Waals surface area contributed by atoms with E-state index in [2.05, 4.69) is 0 Å². The molecule has 96 valence electrons. The molecule has 0 amide bonds. The number of hydrogen-bond donors (Lipinski definition) is 1. The van der Waals surface area contributed by atoms with Gasteiger partial charge in [-0.1, -0.05) is 18.6 Å². The van der Waals surface area contributed by atoms with Gasteiger partial charge in [-0.2, -0.15) is 0 Å².